The van der Waals surface area contributed by atoms with Gasteiger partial charge in [-0.2, -0.15) is 4.98 Å². The van der Waals surface area contributed by atoms with Crippen molar-refractivity contribution in [2.45, 2.75) is 23.4 Å². The third kappa shape index (κ3) is 3.94. The van der Waals surface area contributed by atoms with Crippen LogP contribution in [0.4, 0.5) is 16.3 Å². The summed E-state index contributed by atoms with van der Waals surface area (Å²) in [7, 11) is -3.83. The molecule has 1 aromatic heterocycles. The number of anilines is 2. The third-order valence-corrected chi connectivity index (χ3v) is 6.77. The monoisotopic (exact) mass is 449 g/mol. The van der Waals surface area contributed by atoms with E-state index >= 15 is 0 Å². The Labute approximate surface area is 185 Å². The predicted octanol–water partition coefficient (Wildman–Crippen LogP) is 4.36. The van der Waals surface area contributed by atoms with Crippen LogP contribution in [0.5, 0.6) is 0 Å². The van der Waals surface area contributed by atoms with Gasteiger partial charge < -0.3 is 5.32 Å². The largest absolute Gasteiger partial charge is 0.347 e. The van der Waals surface area contributed by atoms with Crippen molar-refractivity contribution >= 4 is 21.9 Å². The van der Waals surface area contributed by atoms with Crippen LogP contribution < -0.4 is 10.0 Å². The van der Waals surface area contributed by atoms with Gasteiger partial charge in [-0.25, -0.2) is 22.2 Å². The molecule has 0 aliphatic carbocycles. The molecule has 2 N–H and O–H groups in total. The standard InChI is InChI=1S/C23H20FN5O2S/c24-18-13-11-17(12-14-18)21-15-20(16-7-3-1-4-8-16)25-23-26-22(27-29(21)23)28-32(30,31)19-9-5-2-6-10-19/h1-14,20-21H,15H2,(H2,25,26,27,28). The first-order chi connectivity index (χ1) is 15.5. The van der Waals surface area contributed by atoms with Crippen LogP contribution in [0.3, 0.4) is 0 Å². The molecule has 0 saturated heterocycles. The molecule has 5 rings (SSSR count). The van der Waals surface area contributed by atoms with Gasteiger partial charge in [0, 0.05) is 0 Å². The lowest BCUT2D eigenvalue weighted by Crippen LogP contribution is -2.28. The van der Waals surface area contributed by atoms with Crippen molar-refractivity contribution in [1.82, 2.24) is 14.8 Å². The van der Waals surface area contributed by atoms with Gasteiger partial charge in [0.05, 0.1) is 17.0 Å². The number of hydrogen-bond donors (Lipinski definition) is 2. The smallest absolute Gasteiger partial charge is 0.264 e. The maximum Gasteiger partial charge on any atom is 0.264 e. The van der Waals surface area contributed by atoms with Crippen molar-refractivity contribution in [2.75, 3.05) is 10.0 Å². The minimum atomic E-state index is -3.83. The molecule has 0 bridgehead atoms. The summed E-state index contributed by atoms with van der Waals surface area (Å²) in [5.74, 6) is 0.0831. The Kier molecular flexibility index (Phi) is 5.10. The molecule has 0 fully saturated rings. The Morgan fingerprint density at radius 1 is 0.906 bits per heavy atom. The van der Waals surface area contributed by atoms with E-state index < -0.39 is 10.0 Å². The van der Waals surface area contributed by atoms with Crippen molar-refractivity contribution < 1.29 is 12.8 Å². The van der Waals surface area contributed by atoms with Crippen molar-refractivity contribution in [2.24, 2.45) is 0 Å². The summed E-state index contributed by atoms with van der Waals surface area (Å²) in [4.78, 5) is 4.53. The molecular weight excluding hydrogens is 429 g/mol. The first kappa shape index (κ1) is 20.2. The zero-order valence-corrected chi connectivity index (χ0v) is 17.7. The maximum atomic E-state index is 13.5. The van der Waals surface area contributed by atoms with E-state index in [0.29, 0.717) is 12.4 Å². The summed E-state index contributed by atoms with van der Waals surface area (Å²) in [6.45, 7) is 0. The highest BCUT2D eigenvalue weighted by Crippen LogP contribution is 2.38. The Bertz CT molecular complexity index is 1330. The molecular formula is C23H20FN5O2S. The van der Waals surface area contributed by atoms with E-state index in [0.717, 1.165) is 11.1 Å². The van der Waals surface area contributed by atoms with E-state index in [4.69, 9.17) is 0 Å². The van der Waals surface area contributed by atoms with Crippen molar-refractivity contribution in [3.8, 4) is 0 Å². The van der Waals surface area contributed by atoms with Gasteiger partial charge in [-0.1, -0.05) is 60.7 Å². The number of nitrogens with one attached hydrogen (secondary N) is 2. The lowest BCUT2D eigenvalue weighted by Gasteiger charge is -2.31. The summed E-state index contributed by atoms with van der Waals surface area (Å²) >= 11 is 0. The fraction of sp³-hybridized carbons (Fsp3) is 0.130. The van der Waals surface area contributed by atoms with Crippen LogP contribution in [0.2, 0.25) is 0 Å². The number of halogens is 1. The minimum Gasteiger partial charge on any atom is -0.347 e. The van der Waals surface area contributed by atoms with E-state index in [1.54, 1.807) is 35.0 Å². The summed E-state index contributed by atoms with van der Waals surface area (Å²) < 4.78 is 43.1. The lowest BCUT2D eigenvalue weighted by atomic mass is 9.93. The number of nitrogens with zero attached hydrogens (tertiary/aromatic N) is 3. The highest BCUT2D eigenvalue weighted by atomic mass is 32.2. The molecule has 0 saturated carbocycles. The molecule has 162 valence electrons. The maximum absolute atomic E-state index is 13.5. The average Bonchev–Trinajstić information content (AvgIpc) is 3.22. The van der Waals surface area contributed by atoms with Gasteiger partial charge in [-0.15, -0.1) is 5.10 Å². The number of hydrogen-bond acceptors (Lipinski definition) is 5. The fourth-order valence-electron chi connectivity index (χ4n) is 3.87. The zero-order valence-electron chi connectivity index (χ0n) is 16.9. The molecule has 1 aliphatic heterocycles. The highest BCUT2D eigenvalue weighted by Gasteiger charge is 2.32. The van der Waals surface area contributed by atoms with Crippen molar-refractivity contribution in [1.29, 1.82) is 0 Å². The quantitative estimate of drug-likeness (QED) is 0.473. The summed E-state index contributed by atoms with van der Waals surface area (Å²) in [5.41, 5.74) is 1.93. The van der Waals surface area contributed by atoms with Crippen LogP contribution in [0.1, 0.15) is 29.6 Å². The highest BCUT2D eigenvalue weighted by molar-refractivity contribution is 7.92. The van der Waals surface area contributed by atoms with Gasteiger partial charge in [-0.05, 0) is 41.8 Å². The fourth-order valence-corrected chi connectivity index (χ4v) is 4.83. The number of rotatable bonds is 5. The SMILES string of the molecule is O=S(=O)(Nc1nc2n(n1)C(c1ccc(F)cc1)CC(c1ccccc1)N2)c1ccccc1. The Hall–Kier alpha value is -3.72. The second kappa shape index (κ2) is 8.08. The normalized spacial score (nSPS) is 17.9. The Balaban J connectivity index is 1.52. The second-order valence-corrected chi connectivity index (χ2v) is 9.22. The van der Waals surface area contributed by atoms with Crippen LogP contribution in [0.15, 0.2) is 89.8 Å². The van der Waals surface area contributed by atoms with Crippen LogP contribution in [0.25, 0.3) is 0 Å². The summed E-state index contributed by atoms with van der Waals surface area (Å²) in [6.07, 6.45) is 0.636. The lowest BCUT2D eigenvalue weighted by molar-refractivity contribution is 0.431. The number of aromatic nitrogens is 3. The van der Waals surface area contributed by atoms with Gasteiger partial charge in [0.1, 0.15) is 5.82 Å². The van der Waals surface area contributed by atoms with Gasteiger partial charge in [0.25, 0.3) is 16.0 Å². The molecule has 0 amide bonds. The Morgan fingerprint density at radius 2 is 1.56 bits per heavy atom. The first-order valence-electron chi connectivity index (χ1n) is 10.1. The molecule has 0 radical (unpaired) electrons. The van der Waals surface area contributed by atoms with Crippen LogP contribution in [-0.4, -0.2) is 23.2 Å². The molecule has 1 aliphatic rings. The number of benzene rings is 3. The molecule has 7 nitrogen and oxygen atoms in total. The van der Waals surface area contributed by atoms with Crippen LogP contribution >= 0.6 is 0 Å². The molecule has 3 aromatic carbocycles. The molecule has 2 atom stereocenters. The Morgan fingerprint density at radius 3 is 2.25 bits per heavy atom. The molecule has 32 heavy (non-hydrogen) atoms. The van der Waals surface area contributed by atoms with E-state index in [1.165, 1.54) is 24.3 Å². The van der Waals surface area contributed by atoms with E-state index in [9.17, 15) is 12.8 Å². The van der Waals surface area contributed by atoms with Crippen LogP contribution in [0, 0.1) is 5.82 Å². The van der Waals surface area contributed by atoms with E-state index in [2.05, 4.69) is 20.1 Å². The van der Waals surface area contributed by atoms with E-state index in [-0.39, 0.29) is 28.7 Å². The molecule has 0 spiro atoms. The van der Waals surface area contributed by atoms with Gasteiger partial charge in [0.15, 0.2) is 0 Å². The molecule has 2 heterocycles. The predicted molar refractivity (Wildman–Crippen MR) is 119 cm³/mol. The third-order valence-electron chi connectivity index (χ3n) is 5.42. The topological polar surface area (TPSA) is 88.9 Å². The van der Waals surface area contributed by atoms with Crippen LogP contribution in [-0.2, 0) is 10.0 Å². The van der Waals surface area contributed by atoms with Gasteiger partial charge >= 0.3 is 0 Å². The molecule has 4 aromatic rings. The molecule has 9 heteroatoms. The first-order valence-corrected chi connectivity index (χ1v) is 11.6. The van der Waals surface area contributed by atoms with Gasteiger partial charge in [-0.3, -0.25) is 0 Å². The van der Waals surface area contributed by atoms with Crippen molar-refractivity contribution in [3.05, 3.63) is 102 Å². The summed E-state index contributed by atoms with van der Waals surface area (Å²) in [6, 6.07) is 23.9. The zero-order chi connectivity index (χ0) is 22.1. The molecule has 2 unspecified atom stereocenters. The average molecular weight is 450 g/mol. The number of fused-ring (bicyclic) bond motifs is 1. The second-order valence-electron chi connectivity index (χ2n) is 7.53. The van der Waals surface area contributed by atoms with Gasteiger partial charge in [0.2, 0.25) is 5.95 Å². The van der Waals surface area contributed by atoms with E-state index in [1.807, 2.05) is 30.3 Å². The minimum absolute atomic E-state index is 0.0304. The number of sulfonamides is 1. The summed E-state index contributed by atoms with van der Waals surface area (Å²) in [5, 5.41) is 7.78. The van der Waals surface area contributed by atoms with Crippen molar-refractivity contribution in [3.63, 3.8) is 0 Å².